The second-order valence-electron chi connectivity index (χ2n) is 5.02. The molecule has 1 aromatic carbocycles. The van der Waals surface area contributed by atoms with Gasteiger partial charge in [0.2, 0.25) is 0 Å². The van der Waals surface area contributed by atoms with Crippen LogP contribution in [0.15, 0.2) is 24.3 Å². The van der Waals surface area contributed by atoms with Gasteiger partial charge in [-0.2, -0.15) is 0 Å². The van der Waals surface area contributed by atoms with Gasteiger partial charge < -0.3 is 5.11 Å². The van der Waals surface area contributed by atoms with Crippen molar-refractivity contribution in [2.75, 3.05) is 25.1 Å². The second kappa shape index (κ2) is 7.15. The van der Waals surface area contributed by atoms with E-state index in [4.69, 9.17) is 0 Å². The van der Waals surface area contributed by atoms with E-state index in [0.29, 0.717) is 0 Å². The molecule has 6 heteroatoms. The van der Waals surface area contributed by atoms with Crippen LogP contribution >= 0.6 is 0 Å². The predicted octanol–water partition coefficient (Wildman–Crippen LogP) is 1.61. The van der Waals surface area contributed by atoms with E-state index in [1.54, 1.807) is 37.9 Å². The maximum atomic E-state index is 13.5. The summed E-state index contributed by atoms with van der Waals surface area (Å²) in [4.78, 5) is 1.73. The van der Waals surface area contributed by atoms with Crippen LogP contribution < -0.4 is 0 Å². The van der Waals surface area contributed by atoms with Crippen LogP contribution in [0.4, 0.5) is 4.39 Å². The predicted molar refractivity (Wildman–Crippen MR) is 77.8 cm³/mol. The molecule has 0 fully saturated rings. The van der Waals surface area contributed by atoms with Crippen molar-refractivity contribution in [3.8, 4) is 0 Å². The number of likely N-dealkylation sites (N-methyl/N-ethyl adjacent to an activating group) is 1. The second-order valence-corrected chi connectivity index (χ2v) is 7.42. The van der Waals surface area contributed by atoms with E-state index in [-0.39, 0.29) is 29.7 Å². The molecule has 1 rings (SSSR count). The van der Waals surface area contributed by atoms with Crippen molar-refractivity contribution in [2.24, 2.45) is 0 Å². The summed E-state index contributed by atoms with van der Waals surface area (Å²) in [5.74, 6) is -0.326. The lowest BCUT2D eigenvalue weighted by molar-refractivity contribution is 0.110. The zero-order chi connectivity index (χ0) is 15.3. The molecule has 0 saturated carbocycles. The molecule has 4 nitrogen and oxygen atoms in total. The third-order valence-electron chi connectivity index (χ3n) is 3.41. The van der Waals surface area contributed by atoms with Crippen molar-refractivity contribution in [1.29, 1.82) is 0 Å². The molecule has 0 radical (unpaired) electrons. The quantitative estimate of drug-likeness (QED) is 0.831. The molecule has 0 aliphatic rings. The number of benzene rings is 1. The number of hydrogen-bond donors (Lipinski definition) is 1. The summed E-state index contributed by atoms with van der Waals surface area (Å²) in [6, 6.07) is 5.81. The van der Waals surface area contributed by atoms with E-state index >= 15 is 0 Å². The van der Waals surface area contributed by atoms with Crippen LogP contribution in [0, 0.1) is 5.82 Å². The summed E-state index contributed by atoms with van der Waals surface area (Å²) in [6.07, 6.45) is -0.979. The Morgan fingerprint density at radius 3 is 2.50 bits per heavy atom. The lowest BCUT2D eigenvalue weighted by Gasteiger charge is -2.27. The molecule has 2 atom stereocenters. The van der Waals surface area contributed by atoms with Gasteiger partial charge in [-0.05, 0) is 20.0 Å². The zero-order valence-corrected chi connectivity index (χ0v) is 12.9. The maximum absolute atomic E-state index is 13.5. The Morgan fingerprint density at radius 1 is 1.35 bits per heavy atom. The minimum Gasteiger partial charge on any atom is -0.387 e. The Balaban J connectivity index is 2.66. The Hall–Kier alpha value is -0.980. The van der Waals surface area contributed by atoms with E-state index in [1.807, 2.05) is 0 Å². The van der Waals surface area contributed by atoms with Crippen LogP contribution in [0.5, 0.6) is 0 Å². The van der Waals surface area contributed by atoms with E-state index < -0.39 is 21.8 Å². The summed E-state index contributed by atoms with van der Waals surface area (Å²) in [5, 5.41) is 10.0. The SMILES string of the molecule is CCS(=O)(=O)CC(C)N(C)CC(O)c1ccccc1F. The minimum absolute atomic E-state index is 0.0317. The highest BCUT2D eigenvalue weighted by molar-refractivity contribution is 7.91. The molecule has 1 N–H and O–H groups in total. The monoisotopic (exact) mass is 303 g/mol. The van der Waals surface area contributed by atoms with Crippen molar-refractivity contribution in [2.45, 2.75) is 26.0 Å². The van der Waals surface area contributed by atoms with E-state index in [9.17, 15) is 17.9 Å². The fourth-order valence-electron chi connectivity index (χ4n) is 1.91. The third kappa shape index (κ3) is 4.85. The summed E-state index contributed by atoms with van der Waals surface area (Å²) in [5.41, 5.74) is 0.227. The van der Waals surface area contributed by atoms with Crippen LogP contribution in [-0.2, 0) is 9.84 Å². The molecule has 0 heterocycles. The normalized spacial score (nSPS) is 15.3. The molecule has 0 spiro atoms. The summed E-state index contributed by atoms with van der Waals surface area (Å²) >= 11 is 0. The number of halogens is 1. The highest BCUT2D eigenvalue weighted by Gasteiger charge is 2.21. The van der Waals surface area contributed by atoms with E-state index in [1.165, 1.54) is 12.1 Å². The van der Waals surface area contributed by atoms with Crippen LogP contribution in [0.2, 0.25) is 0 Å². The highest BCUT2D eigenvalue weighted by atomic mass is 32.2. The van der Waals surface area contributed by atoms with Crippen molar-refractivity contribution in [3.05, 3.63) is 35.6 Å². The zero-order valence-electron chi connectivity index (χ0n) is 12.1. The number of hydrogen-bond acceptors (Lipinski definition) is 4. The summed E-state index contributed by atoms with van der Waals surface area (Å²) < 4.78 is 36.7. The number of aliphatic hydroxyl groups is 1. The smallest absolute Gasteiger partial charge is 0.151 e. The minimum atomic E-state index is -3.07. The van der Waals surface area contributed by atoms with Gasteiger partial charge in [-0.25, -0.2) is 12.8 Å². The lowest BCUT2D eigenvalue weighted by Crippen LogP contribution is -2.38. The van der Waals surface area contributed by atoms with Crippen molar-refractivity contribution in [3.63, 3.8) is 0 Å². The van der Waals surface area contributed by atoms with Gasteiger partial charge in [-0.3, -0.25) is 4.90 Å². The van der Waals surface area contributed by atoms with Gasteiger partial charge in [0.05, 0.1) is 11.9 Å². The third-order valence-corrected chi connectivity index (χ3v) is 5.28. The highest BCUT2D eigenvalue weighted by Crippen LogP contribution is 2.18. The molecular weight excluding hydrogens is 281 g/mol. The van der Waals surface area contributed by atoms with Crippen LogP contribution in [0.25, 0.3) is 0 Å². The van der Waals surface area contributed by atoms with Crippen molar-refractivity contribution in [1.82, 2.24) is 4.90 Å². The first-order valence-corrected chi connectivity index (χ1v) is 8.42. The number of sulfone groups is 1. The Kier molecular flexibility index (Phi) is 6.10. The van der Waals surface area contributed by atoms with Gasteiger partial charge in [0.15, 0.2) is 9.84 Å². The van der Waals surface area contributed by atoms with Gasteiger partial charge in [0, 0.05) is 23.9 Å². The standard InChI is InChI=1S/C14H22FNO3S/c1-4-20(18,19)10-11(2)16(3)9-14(17)12-7-5-6-8-13(12)15/h5-8,11,14,17H,4,9-10H2,1-3H3. The van der Waals surface area contributed by atoms with Gasteiger partial charge in [0.25, 0.3) is 0 Å². The average molecular weight is 303 g/mol. The first-order valence-electron chi connectivity index (χ1n) is 6.60. The number of aliphatic hydroxyl groups excluding tert-OH is 1. The molecular formula is C14H22FNO3S. The van der Waals surface area contributed by atoms with Gasteiger partial charge in [-0.15, -0.1) is 0 Å². The Bertz CT molecular complexity index is 533. The molecule has 1 aromatic rings. The lowest BCUT2D eigenvalue weighted by atomic mass is 10.1. The van der Waals surface area contributed by atoms with E-state index in [2.05, 4.69) is 0 Å². The van der Waals surface area contributed by atoms with Gasteiger partial charge in [-0.1, -0.05) is 25.1 Å². The fourth-order valence-corrected chi connectivity index (χ4v) is 3.13. The molecule has 2 unspecified atom stereocenters. The number of rotatable bonds is 7. The molecule has 0 bridgehead atoms. The first-order chi connectivity index (χ1) is 9.26. The first kappa shape index (κ1) is 17.1. The van der Waals surface area contributed by atoms with Crippen molar-refractivity contribution >= 4 is 9.84 Å². The molecule has 0 aliphatic carbocycles. The molecule has 0 aliphatic heterocycles. The fraction of sp³-hybridized carbons (Fsp3) is 0.571. The largest absolute Gasteiger partial charge is 0.387 e. The Morgan fingerprint density at radius 2 is 1.95 bits per heavy atom. The summed E-state index contributed by atoms with van der Waals surface area (Å²) in [7, 11) is -1.35. The summed E-state index contributed by atoms with van der Waals surface area (Å²) in [6.45, 7) is 3.57. The molecule has 20 heavy (non-hydrogen) atoms. The van der Waals surface area contributed by atoms with Crippen LogP contribution in [0.1, 0.15) is 25.5 Å². The topological polar surface area (TPSA) is 57.6 Å². The Labute approximate surface area is 120 Å². The van der Waals surface area contributed by atoms with Crippen LogP contribution in [-0.4, -0.2) is 49.6 Å². The molecule has 0 aromatic heterocycles. The van der Waals surface area contributed by atoms with E-state index in [0.717, 1.165) is 0 Å². The maximum Gasteiger partial charge on any atom is 0.151 e. The van der Waals surface area contributed by atoms with Gasteiger partial charge in [0.1, 0.15) is 5.82 Å². The molecule has 0 saturated heterocycles. The van der Waals surface area contributed by atoms with Gasteiger partial charge >= 0.3 is 0 Å². The molecule has 114 valence electrons. The van der Waals surface area contributed by atoms with Crippen LogP contribution in [0.3, 0.4) is 0 Å². The molecule has 0 amide bonds. The average Bonchev–Trinajstić information content (AvgIpc) is 2.38. The number of nitrogens with zero attached hydrogens (tertiary/aromatic N) is 1. The van der Waals surface area contributed by atoms with Crippen molar-refractivity contribution < 1.29 is 17.9 Å².